The van der Waals surface area contributed by atoms with Gasteiger partial charge in [-0.1, -0.05) is 20.8 Å². The number of amides is 1. The molecule has 0 unspecified atom stereocenters. The predicted octanol–water partition coefficient (Wildman–Crippen LogP) is 2.65. The zero-order valence-corrected chi connectivity index (χ0v) is 23.8. The molecule has 4 rings (SSSR count). The van der Waals surface area contributed by atoms with Crippen molar-refractivity contribution in [1.29, 1.82) is 0 Å². The molecule has 7 N–H and O–H groups in total. The number of fused-ring (bicyclic) bond motifs is 5. The van der Waals surface area contributed by atoms with Crippen molar-refractivity contribution in [2.24, 2.45) is 52.1 Å². The molecule has 0 aromatic carbocycles. The molecule has 37 heavy (non-hydrogen) atoms. The van der Waals surface area contributed by atoms with E-state index in [1.807, 2.05) is 0 Å². The molecule has 4 aliphatic carbocycles. The second-order valence-corrected chi connectivity index (χ2v) is 13.6. The van der Waals surface area contributed by atoms with Crippen molar-refractivity contribution in [3.8, 4) is 0 Å². The lowest BCUT2D eigenvalue weighted by molar-refractivity contribution is -0.174. The van der Waals surface area contributed by atoms with Gasteiger partial charge in [-0.3, -0.25) is 4.79 Å². The van der Waals surface area contributed by atoms with Crippen molar-refractivity contribution in [3.63, 3.8) is 0 Å². The van der Waals surface area contributed by atoms with Crippen molar-refractivity contribution < 1.29 is 15.0 Å². The highest BCUT2D eigenvalue weighted by Crippen LogP contribution is 2.68. The number of nitrogens with two attached hydrogens (primary N) is 1. The molecule has 0 aliphatic heterocycles. The van der Waals surface area contributed by atoms with E-state index in [1.54, 1.807) is 0 Å². The number of carbonyl (C=O) groups excluding carboxylic acids is 1. The first-order valence-electron chi connectivity index (χ1n) is 15.4. The Bertz CT molecular complexity index is 752. The highest BCUT2D eigenvalue weighted by molar-refractivity contribution is 5.75. The van der Waals surface area contributed by atoms with Gasteiger partial charge in [-0.2, -0.15) is 0 Å². The summed E-state index contributed by atoms with van der Waals surface area (Å²) in [6.45, 7) is 12.1. The Morgan fingerprint density at radius 1 is 0.919 bits per heavy atom. The second-order valence-electron chi connectivity index (χ2n) is 13.6. The molecule has 0 aromatic rings. The van der Waals surface area contributed by atoms with E-state index in [0.717, 1.165) is 58.3 Å². The maximum Gasteiger partial charge on any atom is 0.220 e. The van der Waals surface area contributed by atoms with Crippen LogP contribution in [0.1, 0.15) is 85.0 Å². The molecule has 0 radical (unpaired) electrons. The summed E-state index contributed by atoms with van der Waals surface area (Å²) in [4.78, 5) is 12.5. The zero-order valence-electron chi connectivity index (χ0n) is 23.8. The third-order valence-corrected chi connectivity index (χ3v) is 11.7. The minimum atomic E-state index is -0.220. The van der Waals surface area contributed by atoms with Crippen LogP contribution in [0.2, 0.25) is 0 Å². The van der Waals surface area contributed by atoms with Crippen molar-refractivity contribution >= 4 is 5.91 Å². The molecule has 0 heterocycles. The highest BCUT2D eigenvalue weighted by Gasteiger charge is 2.62. The fourth-order valence-electron chi connectivity index (χ4n) is 9.64. The number of aliphatic hydroxyl groups is 2. The van der Waals surface area contributed by atoms with Crippen molar-refractivity contribution in [2.45, 2.75) is 97.2 Å². The summed E-state index contributed by atoms with van der Waals surface area (Å²) in [5, 5.41) is 31.4. The first-order chi connectivity index (χ1) is 17.7. The van der Waals surface area contributed by atoms with Crippen molar-refractivity contribution in [2.75, 3.05) is 39.3 Å². The molecule has 7 nitrogen and oxygen atoms in total. The van der Waals surface area contributed by atoms with Crippen LogP contribution in [0.5, 0.6) is 0 Å². The lowest BCUT2D eigenvalue weighted by Gasteiger charge is -2.62. The van der Waals surface area contributed by atoms with E-state index in [9.17, 15) is 15.0 Å². The summed E-state index contributed by atoms with van der Waals surface area (Å²) < 4.78 is 0. The van der Waals surface area contributed by atoms with Crippen LogP contribution in [0.15, 0.2) is 0 Å². The third-order valence-electron chi connectivity index (χ3n) is 11.7. The first kappa shape index (κ1) is 29.3. The summed E-state index contributed by atoms with van der Waals surface area (Å²) in [6, 6.07) is 0. The fourth-order valence-corrected chi connectivity index (χ4v) is 9.64. The Morgan fingerprint density at radius 2 is 1.59 bits per heavy atom. The van der Waals surface area contributed by atoms with E-state index < -0.39 is 0 Å². The lowest BCUT2D eigenvalue weighted by atomic mass is 9.43. The van der Waals surface area contributed by atoms with Gasteiger partial charge in [0.15, 0.2) is 0 Å². The molecule has 4 saturated carbocycles. The highest BCUT2D eigenvalue weighted by atomic mass is 16.3. The molecule has 0 bridgehead atoms. The Balaban J connectivity index is 1.25. The fraction of sp³-hybridized carbons (Fsp3) is 0.967. The van der Waals surface area contributed by atoms with E-state index in [2.05, 4.69) is 36.7 Å². The summed E-state index contributed by atoms with van der Waals surface area (Å²) in [6.07, 6.45) is 9.89. The number of nitrogens with one attached hydrogen (secondary N) is 3. The largest absolute Gasteiger partial charge is 0.393 e. The smallest absolute Gasteiger partial charge is 0.220 e. The van der Waals surface area contributed by atoms with E-state index in [4.69, 9.17) is 5.73 Å². The van der Waals surface area contributed by atoms with Gasteiger partial charge in [-0.05, 0) is 104 Å². The topological polar surface area (TPSA) is 120 Å². The molecule has 7 heteroatoms. The van der Waals surface area contributed by atoms with Gasteiger partial charge in [0, 0.05) is 45.7 Å². The summed E-state index contributed by atoms with van der Waals surface area (Å²) in [5.74, 6) is 3.40. The quantitative estimate of drug-likeness (QED) is 0.220. The van der Waals surface area contributed by atoms with E-state index in [-0.39, 0.29) is 28.9 Å². The minimum absolute atomic E-state index is 0.166. The van der Waals surface area contributed by atoms with Crippen molar-refractivity contribution in [1.82, 2.24) is 16.0 Å². The van der Waals surface area contributed by atoms with Gasteiger partial charge in [-0.25, -0.2) is 0 Å². The van der Waals surface area contributed by atoms with Crippen molar-refractivity contribution in [3.05, 3.63) is 0 Å². The van der Waals surface area contributed by atoms with Gasteiger partial charge in [0.2, 0.25) is 5.91 Å². The van der Waals surface area contributed by atoms with E-state index in [1.165, 1.54) is 25.7 Å². The van der Waals surface area contributed by atoms with Crippen LogP contribution >= 0.6 is 0 Å². The standard InChI is InChI=1S/C30H56N4O3/c1-20(4-7-27(37)34-17-16-33-15-14-32-13-12-31)23-5-6-24-28-25(9-11-30(23,24)3)29(2)10-8-22(35)18-21(29)19-26(28)36/h20-26,28,32-33,35-36H,4-19,31H2,1-3H3,(H,34,37)/t20-,21+,22-,23-,24+,25+,26-,28+,29+,30-/m1/s1. The minimum Gasteiger partial charge on any atom is -0.393 e. The van der Waals surface area contributed by atoms with Crippen LogP contribution in [-0.4, -0.2) is 67.6 Å². The molecule has 4 fully saturated rings. The van der Waals surface area contributed by atoms with Gasteiger partial charge in [-0.15, -0.1) is 0 Å². The average molecular weight is 521 g/mol. The van der Waals surface area contributed by atoms with Crippen LogP contribution in [0.25, 0.3) is 0 Å². The molecule has 0 saturated heterocycles. The molecule has 4 aliphatic rings. The summed E-state index contributed by atoms with van der Waals surface area (Å²) >= 11 is 0. The molecule has 0 aromatic heterocycles. The van der Waals surface area contributed by atoms with Gasteiger partial charge >= 0.3 is 0 Å². The van der Waals surface area contributed by atoms with Crippen LogP contribution in [0.4, 0.5) is 0 Å². The molecular formula is C30H56N4O3. The number of hydrogen-bond acceptors (Lipinski definition) is 6. The summed E-state index contributed by atoms with van der Waals surface area (Å²) in [7, 11) is 0. The van der Waals surface area contributed by atoms with E-state index >= 15 is 0 Å². The molecule has 10 atom stereocenters. The SMILES string of the molecule is C[C@H](CCC(=O)NCCNCCNCCN)[C@H]1CC[C@H]2[C@@H]3[C@H](O)C[C@@H]4C[C@H](O)CC[C@]4(C)[C@H]3CC[C@]12C. The second kappa shape index (κ2) is 12.6. The maximum atomic E-state index is 12.5. The molecule has 1 amide bonds. The van der Waals surface area contributed by atoms with Crippen LogP contribution in [-0.2, 0) is 4.79 Å². The van der Waals surface area contributed by atoms with Gasteiger partial charge < -0.3 is 31.9 Å². The number of carbonyl (C=O) groups is 1. The van der Waals surface area contributed by atoms with Gasteiger partial charge in [0.25, 0.3) is 0 Å². The van der Waals surface area contributed by atoms with E-state index in [0.29, 0.717) is 55.0 Å². The monoisotopic (exact) mass is 520 g/mol. The number of aliphatic hydroxyl groups excluding tert-OH is 2. The van der Waals surface area contributed by atoms with Crippen LogP contribution < -0.4 is 21.7 Å². The Morgan fingerprint density at radius 3 is 2.35 bits per heavy atom. The predicted molar refractivity (Wildman–Crippen MR) is 149 cm³/mol. The average Bonchev–Trinajstić information content (AvgIpc) is 3.22. The Labute approximate surface area is 225 Å². The summed E-state index contributed by atoms with van der Waals surface area (Å²) in [5.41, 5.74) is 6.02. The molecular weight excluding hydrogens is 464 g/mol. The normalized spacial score (nSPS) is 41.9. The molecule has 214 valence electrons. The Hall–Kier alpha value is -0.730. The van der Waals surface area contributed by atoms with Crippen LogP contribution in [0.3, 0.4) is 0 Å². The van der Waals surface area contributed by atoms with Gasteiger partial charge in [0.05, 0.1) is 12.2 Å². The van der Waals surface area contributed by atoms with Crippen LogP contribution in [0, 0.1) is 46.3 Å². The first-order valence-corrected chi connectivity index (χ1v) is 15.4. The maximum absolute atomic E-state index is 12.5. The zero-order chi connectivity index (χ0) is 26.6. The number of hydrogen-bond donors (Lipinski definition) is 6. The lowest BCUT2D eigenvalue weighted by Crippen LogP contribution is -2.58. The third kappa shape index (κ3) is 6.21. The Kier molecular flexibility index (Phi) is 9.99. The molecule has 0 spiro atoms. The number of rotatable bonds is 12. The van der Waals surface area contributed by atoms with Gasteiger partial charge in [0.1, 0.15) is 0 Å².